The molecule has 0 aliphatic carbocycles. The predicted molar refractivity (Wildman–Crippen MR) is 92.5 cm³/mol. The van der Waals surface area contributed by atoms with E-state index in [9.17, 15) is 9.18 Å². The number of H-pyrrole nitrogens is 1. The van der Waals surface area contributed by atoms with Crippen molar-refractivity contribution in [3.05, 3.63) is 56.6 Å². The van der Waals surface area contributed by atoms with E-state index in [0.29, 0.717) is 10.9 Å². The summed E-state index contributed by atoms with van der Waals surface area (Å²) in [5.74, 6) is -0.311. The van der Waals surface area contributed by atoms with Crippen LogP contribution in [0.1, 0.15) is 16.1 Å². The average Bonchev–Trinajstić information content (AvgIpc) is 3.03. The number of hydrogen-bond donors (Lipinski definition) is 1. The number of benzene rings is 1. The Balaban J connectivity index is 1.79. The number of aromatic nitrogens is 1. The summed E-state index contributed by atoms with van der Waals surface area (Å²) in [5.41, 5.74) is 2.59. The lowest BCUT2D eigenvalue weighted by Crippen LogP contribution is -2.27. The molecule has 3 nitrogen and oxygen atoms in total. The molecule has 1 N–H and O–H groups in total. The summed E-state index contributed by atoms with van der Waals surface area (Å²) >= 11 is 7.38. The zero-order valence-electron chi connectivity index (χ0n) is 12.8. The van der Waals surface area contributed by atoms with Gasteiger partial charge in [0.05, 0.1) is 17.3 Å². The van der Waals surface area contributed by atoms with E-state index in [-0.39, 0.29) is 18.1 Å². The molecule has 2 aromatic heterocycles. The first-order valence-electron chi connectivity index (χ1n) is 7.19. The Morgan fingerprint density at radius 2 is 2.13 bits per heavy atom. The van der Waals surface area contributed by atoms with Crippen LogP contribution in [0, 0.1) is 12.7 Å². The topological polar surface area (TPSA) is 36.1 Å². The molecule has 0 bridgehead atoms. The van der Waals surface area contributed by atoms with E-state index in [2.05, 4.69) is 4.98 Å². The summed E-state index contributed by atoms with van der Waals surface area (Å²) in [7, 11) is 1.76. The molecule has 1 amide bonds. The van der Waals surface area contributed by atoms with Crippen molar-refractivity contribution in [1.82, 2.24) is 9.88 Å². The zero-order chi connectivity index (χ0) is 16.6. The van der Waals surface area contributed by atoms with Crippen molar-refractivity contribution in [3.8, 4) is 0 Å². The molecule has 0 unspecified atom stereocenters. The van der Waals surface area contributed by atoms with Gasteiger partial charge in [-0.2, -0.15) is 0 Å². The van der Waals surface area contributed by atoms with Crippen molar-refractivity contribution >= 4 is 39.7 Å². The number of aryl methyl sites for hydroxylation is 1. The Hall–Kier alpha value is -1.85. The Morgan fingerprint density at radius 3 is 2.83 bits per heavy atom. The van der Waals surface area contributed by atoms with E-state index in [1.165, 1.54) is 23.5 Å². The fraction of sp³-hybridized carbons (Fsp3) is 0.235. The number of aromatic amines is 1. The van der Waals surface area contributed by atoms with Gasteiger partial charge < -0.3 is 9.88 Å². The van der Waals surface area contributed by atoms with Crippen LogP contribution >= 0.6 is 22.9 Å². The number of rotatable bonds is 4. The van der Waals surface area contributed by atoms with Crippen LogP contribution in [0.4, 0.5) is 4.39 Å². The maximum atomic E-state index is 13.5. The van der Waals surface area contributed by atoms with Crippen molar-refractivity contribution in [2.75, 3.05) is 7.05 Å². The molecule has 0 fully saturated rings. The number of halogens is 2. The normalized spacial score (nSPS) is 11.1. The van der Waals surface area contributed by atoms with Crippen molar-refractivity contribution < 1.29 is 9.18 Å². The molecule has 0 aliphatic heterocycles. The van der Waals surface area contributed by atoms with Crippen LogP contribution in [0.2, 0.25) is 4.34 Å². The largest absolute Gasteiger partial charge is 0.358 e. The van der Waals surface area contributed by atoms with Gasteiger partial charge in [0.15, 0.2) is 0 Å². The van der Waals surface area contributed by atoms with Crippen molar-refractivity contribution in [2.24, 2.45) is 0 Å². The Kier molecular flexibility index (Phi) is 4.41. The summed E-state index contributed by atoms with van der Waals surface area (Å²) in [6.07, 6.45) is 0.241. The monoisotopic (exact) mass is 350 g/mol. The minimum absolute atomic E-state index is 0.0113. The van der Waals surface area contributed by atoms with Crippen molar-refractivity contribution in [1.29, 1.82) is 0 Å². The standard InChI is InChI=1S/C17H16ClFN2OS/c1-10-13(14-7-11(19)3-5-15(14)20-10)8-17(22)21(2)9-12-4-6-16(18)23-12/h3-7,20H,8-9H2,1-2H3. The molecule has 2 heterocycles. The van der Waals surface area contributed by atoms with Gasteiger partial charge in [0.2, 0.25) is 5.91 Å². The highest BCUT2D eigenvalue weighted by Gasteiger charge is 2.16. The summed E-state index contributed by atoms with van der Waals surface area (Å²) in [6, 6.07) is 8.33. The van der Waals surface area contributed by atoms with Gasteiger partial charge in [-0.05, 0) is 42.8 Å². The zero-order valence-corrected chi connectivity index (χ0v) is 14.4. The van der Waals surface area contributed by atoms with Gasteiger partial charge in [0.25, 0.3) is 0 Å². The van der Waals surface area contributed by atoms with Gasteiger partial charge in [0.1, 0.15) is 5.82 Å². The van der Waals surface area contributed by atoms with Gasteiger partial charge in [-0.3, -0.25) is 4.79 Å². The summed E-state index contributed by atoms with van der Waals surface area (Å²) in [5, 5.41) is 0.767. The van der Waals surface area contributed by atoms with E-state index >= 15 is 0 Å². The van der Waals surface area contributed by atoms with Crippen LogP contribution < -0.4 is 0 Å². The summed E-state index contributed by atoms with van der Waals surface area (Å²) in [6.45, 7) is 2.42. The quantitative estimate of drug-likeness (QED) is 0.737. The maximum absolute atomic E-state index is 13.5. The average molecular weight is 351 g/mol. The van der Waals surface area contributed by atoms with E-state index < -0.39 is 0 Å². The van der Waals surface area contributed by atoms with Crippen molar-refractivity contribution in [2.45, 2.75) is 19.9 Å². The summed E-state index contributed by atoms with van der Waals surface area (Å²) in [4.78, 5) is 18.4. The van der Waals surface area contributed by atoms with E-state index in [4.69, 9.17) is 11.6 Å². The van der Waals surface area contributed by atoms with Crippen LogP contribution in [-0.4, -0.2) is 22.8 Å². The maximum Gasteiger partial charge on any atom is 0.227 e. The highest BCUT2D eigenvalue weighted by molar-refractivity contribution is 7.16. The smallest absolute Gasteiger partial charge is 0.227 e. The number of carbonyl (C=O) groups is 1. The number of likely N-dealkylation sites (N-methyl/N-ethyl adjacent to an activating group) is 1. The highest BCUT2D eigenvalue weighted by atomic mass is 35.5. The van der Waals surface area contributed by atoms with E-state index in [0.717, 1.165) is 27.0 Å². The number of thiophene rings is 1. The van der Waals surface area contributed by atoms with Gasteiger partial charge in [-0.15, -0.1) is 11.3 Å². The third-order valence-electron chi connectivity index (χ3n) is 3.86. The van der Waals surface area contributed by atoms with Gasteiger partial charge in [-0.25, -0.2) is 4.39 Å². The lowest BCUT2D eigenvalue weighted by Gasteiger charge is -2.16. The molecule has 0 saturated carbocycles. The Bertz CT molecular complexity index is 871. The molecule has 0 saturated heterocycles. The van der Waals surface area contributed by atoms with Crippen LogP contribution in [0.5, 0.6) is 0 Å². The van der Waals surface area contributed by atoms with Crippen LogP contribution in [0.3, 0.4) is 0 Å². The predicted octanol–water partition coefficient (Wildman–Crippen LogP) is 4.53. The molecule has 6 heteroatoms. The molecule has 1 aromatic carbocycles. The van der Waals surface area contributed by atoms with Gasteiger partial charge >= 0.3 is 0 Å². The number of hydrogen-bond acceptors (Lipinski definition) is 2. The van der Waals surface area contributed by atoms with Crippen LogP contribution in [-0.2, 0) is 17.8 Å². The lowest BCUT2D eigenvalue weighted by atomic mass is 10.1. The number of nitrogens with zero attached hydrogens (tertiary/aromatic N) is 1. The number of amides is 1. The van der Waals surface area contributed by atoms with Crippen LogP contribution in [0.15, 0.2) is 30.3 Å². The molecular weight excluding hydrogens is 335 g/mol. The van der Waals surface area contributed by atoms with Crippen molar-refractivity contribution in [3.63, 3.8) is 0 Å². The number of carbonyl (C=O) groups excluding carboxylic acids is 1. The fourth-order valence-corrected chi connectivity index (χ4v) is 3.77. The Labute approximate surface area is 142 Å². The van der Waals surface area contributed by atoms with E-state index in [1.807, 2.05) is 19.1 Å². The third kappa shape index (κ3) is 3.41. The minimum atomic E-state index is -0.299. The molecule has 3 rings (SSSR count). The summed E-state index contributed by atoms with van der Waals surface area (Å²) < 4.78 is 14.2. The Morgan fingerprint density at radius 1 is 1.35 bits per heavy atom. The van der Waals surface area contributed by atoms with Gasteiger partial charge in [0, 0.05) is 28.5 Å². The second kappa shape index (κ2) is 6.34. The molecule has 23 heavy (non-hydrogen) atoms. The SMILES string of the molecule is Cc1[nH]c2ccc(F)cc2c1CC(=O)N(C)Cc1ccc(Cl)s1. The lowest BCUT2D eigenvalue weighted by molar-refractivity contribution is -0.129. The minimum Gasteiger partial charge on any atom is -0.358 e. The first-order valence-corrected chi connectivity index (χ1v) is 8.38. The third-order valence-corrected chi connectivity index (χ3v) is 5.07. The molecule has 3 aromatic rings. The van der Waals surface area contributed by atoms with E-state index in [1.54, 1.807) is 18.0 Å². The molecule has 0 spiro atoms. The van der Waals surface area contributed by atoms with Gasteiger partial charge in [-0.1, -0.05) is 11.6 Å². The number of fused-ring (bicyclic) bond motifs is 1. The molecular formula is C17H16ClFN2OS. The molecule has 120 valence electrons. The van der Waals surface area contributed by atoms with Crippen LogP contribution in [0.25, 0.3) is 10.9 Å². The highest BCUT2D eigenvalue weighted by Crippen LogP contribution is 2.25. The first-order chi connectivity index (χ1) is 10.9. The first kappa shape index (κ1) is 16.0. The molecule has 0 aliphatic rings. The molecule has 0 radical (unpaired) electrons. The second-order valence-corrected chi connectivity index (χ2v) is 7.35. The second-order valence-electron chi connectivity index (χ2n) is 5.55. The molecule has 0 atom stereocenters. The fourth-order valence-electron chi connectivity index (χ4n) is 2.63. The number of nitrogens with one attached hydrogen (secondary N) is 1.